The van der Waals surface area contributed by atoms with Crippen molar-refractivity contribution in [3.8, 4) is 11.5 Å². The number of ether oxygens (including phenoxy) is 2. The third-order valence-corrected chi connectivity index (χ3v) is 4.87. The molecule has 6 N–H and O–H groups in total. The Balaban J connectivity index is 1.60. The van der Waals surface area contributed by atoms with E-state index in [1.54, 1.807) is 0 Å². The number of aromatic amines is 1. The quantitative estimate of drug-likeness (QED) is 0.179. The lowest BCUT2D eigenvalue weighted by atomic mass is 10.1. The van der Waals surface area contributed by atoms with Crippen molar-refractivity contribution < 1.29 is 42.9 Å². The molecular formula is C16H13F3N6O8. The number of nitrogens with two attached hydrogens (primary N) is 1. The molecule has 14 nitrogen and oxygen atoms in total. The van der Waals surface area contributed by atoms with E-state index in [4.69, 9.17) is 15.2 Å². The van der Waals surface area contributed by atoms with Gasteiger partial charge in [0, 0.05) is 0 Å². The first-order valence-electron chi connectivity index (χ1n) is 8.93. The van der Waals surface area contributed by atoms with Gasteiger partial charge < -0.3 is 30.5 Å². The number of phenolic OH excluding ortho intramolecular Hbond substituents is 1. The molecule has 0 aliphatic carbocycles. The first-order valence-corrected chi connectivity index (χ1v) is 8.93. The van der Waals surface area contributed by atoms with E-state index >= 15 is 0 Å². The van der Waals surface area contributed by atoms with Crippen molar-refractivity contribution in [2.24, 2.45) is 0 Å². The molecule has 4 atom stereocenters. The van der Waals surface area contributed by atoms with Crippen LogP contribution in [0, 0.1) is 27.6 Å². The van der Waals surface area contributed by atoms with Crippen molar-refractivity contribution in [1.82, 2.24) is 19.5 Å². The van der Waals surface area contributed by atoms with Crippen molar-refractivity contribution >= 4 is 22.8 Å². The number of H-pyrrole nitrogens is 1. The van der Waals surface area contributed by atoms with Gasteiger partial charge in [-0.15, -0.1) is 0 Å². The van der Waals surface area contributed by atoms with Gasteiger partial charge in [0.25, 0.3) is 5.56 Å². The molecule has 2 unspecified atom stereocenters. The number of hydrogen-bond acceptors (Lipinski definition) is 11. The number of aromatic nitrogens is 4. The molecule has 0 spiro atoms. The minimum absolute atomic E-state index is 0.103. The Labute approximate surface area is 178 Å². The van der Waals surface area contributed by atoms with Crippen molar-refractivity contribution in [2.45, 2.75) is 24.5 Å². The van der Waals surface area contributed by atoms with Crippen molar-refractivity contribution in [1.29, 1.82) is 0 Å². The second-order valence-electron chi connectivity index (χ2n) is 6.86. The Morgan fingerprint density at radius 3 is 2.64 bits per heavy atom. The minimum atomic E-state index is -2.17. The van der Waals surface area contributed by atoms with Gasteiger partial charge in [0.1, 0.15) is 24.9 Å². The van der Waals surface area contributed by atoms with Gasteiger partial charge in [0.05, 0.1) is 11.3 Å². The van der Waals surface area contributed by atoms with Gasteiger partial charge in [0.2, 0.25) is 29.1 Å². The van der Waals surface area contributed by atoms with Crippen molar-refractivity contribution in [2.75, 3.05) is 12.3 Å². The lowest BCUT2D eigenvalue weighted by Crippen LogP contribution is -2.34. The van der Waals surface area contributed by atoms with Crippen LogP contribution in [0.15, 0.2) is 11.1 Å². The van der Waals surface area contributed by atoms with E-state index in [9.17, 15) is 43.4 Å². The van der Waals surface area contributed by atoms with Crippen molar-refractivity contribution in [3.05, 3.63) is 44.2 Å². The van der Waals surface area contributed by atoms with Gasteiger partial charge >= 0.3 is 5.69 Å². The summed E-state index contributed by atoms with van der Waals surface area (Å²) in [5.74, 6) is -9.78. The van der Waals surface area contributed by atoms with Crippen LogP contribution in [0.3, 0.4) is 0 Å². The first-order chi connectivity index (χ1) is 15.5. The summed E-state index contributed by atoms with van der Waals surface area (Å²) in [7, 11) is 0. The fourth-order valence-electron chi connectivity index (χ4n) is 3.30. The van der Waals surface area contributed by atoms with Crippen LogP contribution < -0.4 is 16.0 Å². The Bertz CT molecular complexity index is 1300. The van der Waals surface area contributed by atoms with Gasteiger partial charge in [-0.3, -0.25) is 24.5 Å². The van der Waals surface area contributed by atoms with Crippen LogP contribution in [0.5, 0.6) is 11.5 Å². The highest BCUT2D eigenvalue weighted by atomic mass is 19.2. The van der Waals surface area contributed by atoms with E-state index in [1.165, 1.54) is 0 Å². The van der Waals surface area contributed by atoms with Gasteiger partial charge in [0.15, 0.2) is 23.1 Å². The molecule has 1 aliphatic heterocycles. The maximum Gasteiger partial charge on any atom is 0.352 e. The summed E-state index contributed by atoms with van der Waals surface area (Å²) < 4.78 is 53.4. The molecule has 4 rings (SSSR count). The van der Waals surface area contributed by atoms with Crippen LogP contribution in [0.2, 0.25) is 0 Å². The third kappa shape index (κ3) is 3.47. The Morgan fingerprint density at radius 1 is 1.27 bits per heavy atom. The number of nitrogen functional groups attached to an aromatic ring is 1. The Kier molecular flexibility index (Phi) is 5.30. The minimum Gasteiger partial charge on any atom is -0.500 e. The molecule has 3 aromatic rings. The van der Waals surface area contributed by atoms with Gasteiger partial charge in [-0.05, 0) is 0 Å². The number of benzene rings is 1. The topological polar surface area (TPSA) is 212 Å². The fourth-order valence-corrected chi connectivity index (χ4v) is 3.30. The number of nitro benzene ring substituents is 1. The molecule has 1 fully saturated rings. The number of fused-ring (bicyclic) bond motifs is 1. The predicted octanol–water partition coefficient (Wildman–Crippen LogP) is -0.569. The molecule has 1 aliphatic rings. The second kappa shape index (κ2) is 7.87. The van der Waals surface area contributed by atoms with E-state index in [1.807, 2.05) is 0 Å². The third-order valence-electron chi connectivity index (χ3n) is 4.87. The number of nitrogens with zero attached hydrogens (tertiary/aromatic N) is 4. The molecule has 176 valence electrons. The molecular weight excluding hydrogens is 461 g/mol. The summed E-state index contributed by atoms with van der Waals surface area (Å²) in [5, 5.41) is 40.8. The molecule has 33 heavy (non-hydrogen) atoms. The van der Waals surface area contributed by atoms with E-state index in [0.29, 0.717) is 0 Å². The number of anilines is 1. The SMILES string of the molecule is Nc1nc2c(ncn2[C@@H]2O[C@H](COc3c(F)c(O)c([N+](=O)[O-])c(F)c3F)C(O)C2O)c(=O)[nH]1. The largest absolute Gasteiger partial charge is 0.500 e. The van der Waals surface area contributed by atoms with Gasteiger partial charge in [-0.25, -0.2) is 4.98 Å². The smallest absolute Gasteiger partial charge is 0.352 e. The molecule has 1 saturated heterocycles. The zero-order valence-corrected chi connectivity index (χ0v) is 16.0. The normalized spacial score (nSPS) is 22.7. The van der Waals surface area contributed by atoms with Crippen LogP contribution in [0.1, 0.15) is 6.23 Å². The van der Waals surface area contributed by atoms with Crippen LogP contribution in [0.4, 0.5) is 24.8 Å². The van der Waals surface area contributed by atoms with Gasteiger partial charge in [-0.2, -0.15) is 18.2 Å². The van der Waals surface area contributed by atoms with Crippen LogP contribution in [-0.4, -0.2) is 64.7 Å². The zero-order valence-electron chi connectivity index (χ0n) is 16.0. The molecule has 0 bridgehead atoms. The number of hydrogen-bond donors (Lipinski definition) is 5. The molecule has 0 saturated carbocycles. The molecule has 2 aromatic heterocycles. The number of aliphatic hydroxyl groups excluding tert-OH is 2. The highest BCUT2D eigenvalue weighted by Gasteiger charge is 2.45. The second-order valence-corrected chi connectivity index (χ2v) is 6.86. The molecule has 0 radical (unpaired) electrons. The Morgan fingerprint density at radius 2 is 1.97 bits per heavy atom. The highest BCUT2D eigenvalue weighted by Crippen LogP contribution is 2.40. The molecule has 1 aromatic carbocycles. The number of aliphatic hydroxyl groups is 2. The summed E-state index contributed by atoms with van der Waals surface area (Å²) in [6.45, 7) is -0.887. The molecule has 3 heterocycles. The number of halogens is 3. The number of imidazole rings is 1. The molecule has 17 heteroatoms. The van der Waals surface area contributed by atoms with E-state index < -0.39 is 76.3 Å². The Hall–Kier alpha value is -3.96. The lowest BCUT2D eigenvalue weighted by molar-refractivity contribution is -0.389. The molecule has 0 amide bonds. The summed E-state index contributed by atoms with van der Waals surface area (Å²) >= 11 is 0. The number of phenols is 1. The first kappa shape index (κ1) is 22.2. The monoisotopic (exact) mass is 474 g/mol. The van der Waals surface area contributed by atoms with E-state index in [-0.39, 0.29) is 17.1 Å². The van der Waals surface area contributed by atoms with Crippen LogP contribution in [0.25, 0.3) is 11.2 Å². The number of nitrogens with one attached hydrogen (secondary N) is 1. The average molecular weight is 474 g/mol. The zero-order chi connectivity index (χ0) is 24.2. The maximum atomic E-state index is 14.2. The van der Waals surface area contributed by atoms with E-state index in [0.717, 1.165) is 10.9 Å². The van der Waals surface area contributed by atoms with E-state index in [2.05, 4.69) is 15.0 Å². The standard InChI is InChI=1S/C16H13F3N6O8/c17-4-5(18)12(6(19)10(27)8(4)25(30)31)32-1-3-9(26)11(28)15(33-3)24-2-21-7-13(24)22-16(20)23-14(7)29/h2-3,9,11,15,26-28H,1H2,(H3,20,22,23,29)/t3-,9?,11?,15-/m1/s1. The van der Waals surface area contributed by atoms with Crippen LogP contribution >= 0.6 is 0 Å². The van der Waals surface area contributed by atoms with Crippen LogP contribution in [-0.2, 0) is 4.74 Å². The highest BCUT2D eigenvalue weighted by molar-refractivity contribution is 5.70. The number of nitro groups is 1. The maximum absolute atomic E-state index is 14.2. The summed E-state index contributed by atoms with van der Waals surface area (Å²) in [6, 6.07) is 0. The predicted molar refractivity (Wildman–Crippen MR) is 98.6 cm³/mol. The number of aromatic hydroxyl groups is 1. The van der Waals surface area contributed by atoms with Crippen molar-refractivity contribution in [3.63, 3.8) is 0 Å². The average Bonchev–Trinajstić information content (AvgIpc) is 3.28. The summed E-state index contributed by atoms with van der Waals surface area (Å²) in [4.78, 5) is 31.0. The fraction of sp³-hybridized carbons (Fsp3) is 0.312. The number of rotatable bonds is 5. The summed E-state index contributed by atoms with van der Waals surface area (Å²) in [6.07, 6.45) is -5.19. The van der Waals surface area contributed by atoms with Gasteiger partial charge in [-0.1, -0.05) is 0 Å². The summed E-state index contributed by atoms with van der Waals surface area (Å²) in [5.41, 5.74) is 2.72. The lowest BCUT2D eigenvalue weighted by Gasteiger charge is -2.17.